The number of carbonyl (C=O) groups is 2. The van der Waals surface area contributed by atoms with Crippen molar-refractivity contribution < 1.29 is 27.7 Å². The van der Waals surface area contributed by atoms with E-state index in [1.54, 1.807) is 12.1 Å². The second kappa shape index (κ2) is 12.3. The highest BCUT2D eigenvalue weighted by Gasteiger charge is 2.41. The van der Waals surface area contributed by atoms with Crippen LogP contribution in [0.15, 0.2) is 29.2 Å². The number of likely N-dealkylation sites (tertiary alicyclic amines) is 1. The summed E-state index contributed by atoms with van der Waals surface area (Å²) in [5.74, 6) is -0.0635. The molecule has 1 fully saturated rings. The zero-order valence-electron chi connectivity index (χ0n) is 23.5. The standard InChI is InChI=1S/C28H46N2O6S/c1-19(22-10-12-23(13-11-22)37(34,35)36)16-27(4,5)20(2)15-24(26(33)29-18-31)28(6,7)17-21(3)30-14-8-9-25(30)32/h10-13,19-21,24,31H,8-9,14-18H2,1-7H3,(H,29,33)(H,34,35,36). The van der Waals surface area contributed by atoms with E-state index in [2.05, 4.69) is 46.9 Å². The summed E-state index contributed by atoms with van der Waals surface area (Å²) in [6.07, 6.45) is 3.58. The van der Waals surface area contributed by atoms with Crippen molar-refractivity contribution in [3.05, 3.63) is 29.8 Å². The average Bonchev–Trinajstić information content (AvgIpc) is 3.22. The van der Waals surface area contributed by atoms with Gasteiger partial charge in [-0.2, -0.15) is 8.42 Å². The highest BCUT2D eigenvalue weighted by molar-refractivity contribution is 7.85. The van der Waals surface area contributed by atoms with Gasteiger partial charge in [0.15, 0.2) is 0 Å². The lowest BCUT2D eigenvalue weighted by Gasteiger charge is -2.42. The van der Waals surface area contributed by atoms with E-state index < -0.39 is 22.3 Å². The van der Waals surface area contributed by atoms with Crippen molar-refractivity contribution in [2.45, 2.75) is 97.4 Å². The molecule has 37 heavy (non-hydrogen) atoms. The van der Waals surface area contributed by atoms with Gasteiger partial charge >= 0.3 is 0 Å². The summed E-state index contributed by atoms with van der Waals surface area (Å²) < 4.78 is 32.0. The van der Waals surface area contributed by atoms with Gasteiger partial charge in [-0.3, -0.25) is 14.1 Å². The van der Waals surface area contributed by atoms with Crippen LogP contribution in [0.3, 0.4) is 0 Å². The van der Waals surface area contributed by atoms with Crippen LogP contribution in [0.25, 0.3) is 0 Å². The monoisotopic (exact) mass is 538 g/mol. The van der Waals surface area contributed by atoms with Gasteiger partial charge in [0, 0.05) is 24.9 Å². The molecule has 8 nitrogen and oxygen atoms in total. The smallest absolute Gasteiger partial charge is 0.294 e. The average molecular weight is 539 g/mol. The Morgan fingerprint density at radius 3 is 2.14 bits per heavy atom. The largest absolute Gasteiger partial charge is 0.377 e. The number of nitrogens with one attached hydrogen (secondary N) is 1. The summed E-state index contributed by atoms with van der Waals surface area (Å²) in [6.45, 7) is 15.1. The van der Waals surface area contributed by atoms with E-state index in [0.717, 1.165) is 24.9 Å². The lowest BCUT2D eigenvalue weighted by Crippen LogP contribution is -2.45. The summed E-state index contributed by atoms with van der Waals surface area (Å²) in [5.41, 5.74) is 0.431. The second-order valence-corrected chi connectivity index (χ2v) is 13.7. The van der Waals surface area contributed by atoms with Crippen LogP contribution < -0.4 is 5.32 Å². The molecule has 1 aliphatic heterocycles. The maximum atomic E-state index is 13.2. The van der Waals surface area contributed by atoms with Crippen LogP contribution in [0.1, 0.15) is 92.1 Å². The van der Waals surface area contributed by atoms with Gasteiger partial charge < -0.3 is 15.3 Å². The van der Waals surface area contributed by atoms with Gasteiger partial charge in [0.1, 0.15) is 6.73 Å². The number of carbonyl (C=O) groups excluding carboxylic acids is 2. The van der Waals surface area contributed by atoms with Crippen molar-refractivity contribution >= 4 is 21.9 Å². The van der Waals surface area contributed by atoms with Crippen LogP contribution in [0.5, 0.6) is 0 Å². The maximum absolute atomic E-state index is 13.2. The van der Waals surface area contributed by atoms with Gasteiger partial charge in [0.05, 0.1) is 4.90 Å². The lowest BCUT2D eigenvalue weighted by atomic mass is 9.64. The Kier molecular flexibility index (Phi) is 10.4. The van der Waals surface area contributed by atoms with Crippen LogP contribution in [-0.2, 0) is 19.7 Å². The Bertz CT molecular complexity index is 1040. The highest BCUT2D eigenvalue weighted by Crippen LogP contribution is 2.45. The van der Waals surface area contributed by atoms with Crippen molar-refractivity contribution in [2.75, 3.05) is 13.3 Å². The number of benzene rings is 1. The molecular formula is C28H46N2O6S. The van der Waals surface area contributed by atoms with Crippen LogP contribution in [0, 0.1) is 22.7 Å². The minimum Gasteiger partial charge on any atom is -0.377 e. The first-order chi connectivity index (χ1) is 17.0. The topological polar surface area (TPSA) is 124 Å². The van der Waals surface area contributed by atoms with Gasteiger partial charge in [-0.15, -0.1) is 0 Å². The molecule has 0 spiro atoms. The molecule has 0 radical (unpaired) electrons. The van der Waals surface area contributed by atoms with Crippen LogP contribution in [-0.4, -0.2) is 54.1 Å². The lowest BCUT2D eigenvalue weighted by molar-refractivity contribution is -0.132. The number of rotatable bonds is 13. The Balaban J connectivity index is 2.17. The molecule has 3 N–H and O–H groups in total. The van der Waals surface area contributed by atoms with Gasteiger partial charge in [-0.25, -0.2) is 0 Å². The normalized spacial score (nSPS) is 18.4. The Hall–Kier alpha value is -1.97. The molecule has 0 aromatic heterocycles. The number of nitrogens with zero attached hydrogens (tertiary/aromatic N) is 1. The van der Waals surface area contributed by atoms with Crippen molar-refractivity contribution in [3.8, 4) is 0 Å². The molecule has 1 aliphatic rings. The summed E-state index contributed by atoms with van der Waals surface area (Å²) >= 11 is 0. The van der Waals surface area contributed by atoms with E-state index in [1.165, 1.54) is 12.1 Å². The number of hydrogen-bond donors (Lipinski definition) is 3. The molecule has 0 bridgehead atoms. The molecule has 2 amide bonds. The van der Waals surface area contributed by atoms with Gasteiger partial charge in [0.2, 0.25) is 11.8 Å². The Morgan fingerprint density at radius 2 is 1.65 bits per heavy atom. The minimum absolute atomic E-state index is 0.0310. The summed E-state index contributed by atoms with van der Waals surface area (Å²) in [7, 11) is -4.23. The number of aliphatic hydroxyl groups excluding tert-OH is 1. The summed E-state index contributed by atoms with van der Waals surface area (Å²) in [4.78, 5) is 27.2. The highest BCUT2D eigenvalue weighted by atomic mass is 32.2. The van der Waals surface area contributed by atoms with Crippen LogP contribution in [0.2, 0.25) is 0 Å². The summed E-state index contributed by atoms with van der Waals surface area (Å²) in [5, 5.41) is 12.0. The second-order valence-electron chi connectivity index (χ2n) is 12.3. The van der Waals surface area contributed by atoms with E-state index in [9.17, 15) is 27.7 Å². The fourth-order valence-electron chi connectivity index (χ4n) is 5.88. The molecule has 1 aromatic rings. The third-order valence-corrected chi connectivity index (χ3v) is 9.35. The molecular weight excluding hydrogens is 492 g/mol. The first-order valence-electron chi connectivity index (χ1n) is 13.2. The first kappa shape index (κ1) is 31.2. The quantitative estimate of drug-likeness (QED) is 0.249. The van der Waals surface area contributed by atoms with E-state index >= 15 is 0 Å². The maximum Gasteiger partial charge on any atom is 0.294 e. The number of amides is 2. The van der Waals surface area contributed by atoms with Crippen LogP contribution in [0.4, 0.5) is 0 Å². The van der Waals surface area contributed by atoms with Crippen LogP contribution >= 0.6 is 0 Å². The summed E-state index contributed by atoms with van der Waals surface area (Å²) in [6, 6.07) is 6.33. The Labute approximate surface area is 223 Å². The number of hydrogen-bond acceptors (Lipinski definition) is 5. The van der Waals surface area contributed by atoms with Crippen molar-refractivity contribution in [3.63, 3.8) is 0 Å². The molecule has 0 aliphatic carbocycles. The van der Waals surface area contributed by atoms with Gasteiger partial charge in [-0.05, 0) is 73.0 Å². The predicted octanol–water partition coefficient (Wildman–Crippen LogP) is 4.59. The zero-order valence-corrected chi connectivity index (χ0v) is 24.3. The van der Waals surface area contributed by atoms with Crippen molar-refractivity contribution in [1.29, 1.82) is 0 Å². The van der Waals surface area contributed by atoms with Crippen molar-refractivity contribution in [2.24, 2.45) is 22.7 Å². The van der Waals surface area contributed by atoms with Gasteiger partial charge in [0.25, 0.3) is 10.1 Å². The fraction of sp³-hybridized carbons (Fsp3) is 0.714. The molecule has 1 aromatic carbocycles. The number of aliphatic hydroxyl groups is 1. The third kappa shape index (κ3) is 8.26. The molecule has 2 rings (SSSR count). The molecule has 0 saturated carbocycles. The van der Waals surface area contributed by atoms with E-state index in [-0.39, 0.29) is 45.9 Å². The molecule has 9 heteroatoms. The zero-order chi connectivity index (χ0) is 28.2. The fourth-order valence-corrected chi connectivity index (χ4v) is 6.36. The van der Waals surface area contributed by atoms with E-state index in [1.807, 2.05) is 11.8 Å². The minimum atomic E-state index is -4.23. The molecule has 1 heterocycles. The van der Waals surface area contributed by atoms with Gasteiger partial charge in [-0.1, -0.05) is 53.7 Å². The van der Waals surface area contributed by atoms with E-state index in [0.29, 0.717) is 19.3 Å². The molecule has 210 valence electrons. The predicted molar refractivity (Wildman–Crippen MR) is 144 cm³/mol. The molecule has 4 atom stereocenters. The first-order valence-corrected chi connectivity index (χ1v) is 14.7. The Morgan fingerprint density at radius 1 is 1.05 bits per heavy atom. The molecule has 1 saturated heterocycles. The van der Waals surface area contributed by atoms with Crippen molar-refractivity contribution in [1.82, 2.24) is 10.2 Å². The SMILES string of the molecule is CC(CC(C)(C)C(C)CC(C(=O)NCO)C(C)(C)CC(C)N1CCCC1=O)c1ccc(S(=O)(=O)O)cc1. The third-order valence-electron chi connectivity index (χ3n) is 8.48. The molecule has 4 unspecified atom stereocenters. The van der Waals surface area contributed by atoms with E-state index in [4.69, 9.17) is 0 Å².